The van der Waals surface area contributed by atoms with Crippen LogP contribution in [-0.2, 0) is 0 Å². The summed E-state index contributed by atoms with van der Waals surface area (Å²) in [6, 6.07) is 13.4. The van der Waals surface area contributed by atoms with Crippen LogP contribution in [0, 0.1) is 6.92 Å². The normalized spacial score (nSPS) is 13.0. The van der Waals surface area contributed by atoms with Gasteiger partial charge in [0, 0.05) is 11.4 Å². The van der Waals surface area contributed by atoms with Crippen molar-refractivity contribution in [3.05, 3.63) is 77.3 Å². The van der Waals surface area contributed by atoms with Crippen LogP contribution in [0.25, 0.3) is 0 Å². The van der Waals surface area contributed by atoms with Gasteiger partial charge in [-0.3, -0.25) is 0 Å². The molecule has 2 aromatic carbocycles. The summed E-state index contributed by atoms with van der Waals surface area (Å²) in [7, 11) is 0. The van der Waals surface area contributed by atoms with Crippen LogP contribution in [-0.4, -0.2) is 6.04 Å². The number of allylic oxidation sites excluding steroid dienone is 1. The number of hydrogen-bond acceptors (Lipinski definition) is 2. The third kappa shape index (κ3) is 7.13. The van der Waals surface area contributed by atoms with Gasteiger partial charge in [0.25, 0.3) is 0 Å². The first kappa shape index (κ1) is 28.3. The van der Waals surface area contributed by atoms with Crippen molar-refractivity contribution in [2.45, 2.75) is 92.0 Å². The van der Waals surface area contributed by atoms with Crippen LogP contribution < -0.4 is 29.5 Å². The van der Waals surface area contributed by atoms with Crippen molar-refractivity contribution in [1.82, 2.24) is 0 Å². The van der Waals surface area contributed by atoms with E-state index in [-0.39, 0.29) is 24.9 Å². The molecule has 0 fully saturated rings. The number of benzene rings is 2. The van der Waals surface area contributed by atoms with Crippen LogP contribution >= 0.6 is 0 Å². The van der Waals surface area contributed by atoms with Gasteiger partial charge >= 0.3 is 18.9 Å². The van der Waals surface area contributed by atoms with E-state index in [9.17, 15) is 0 Å². The molecular weight excluding hydrogens is 383 g/mol. The molecule has 0 bridgehead atoms. The maximum absolute atomic E-state index is 4.34. The Kier molecular flexibility index (Phi) is 11.0. The fourth-order valence-electron chi connectivity index (χ4n) is 4.19. The zero-order valence-corrected chi connectivity index (χ0v) is 22.1. The number of nitrogens with one attached hydrogen (secondary N) is 2. The summed E-state index contributed by atoms with van der Waals surface area (Å²) in [5.41, 5.74) is 8.85. The molecule has 2 aromatic rings. The maximum Gasteiger partial charge on any atom is 1.00 e. The Bertz CT molecular complexity index is 842. The molecule has 0 radical (unpaired) electrons. The third-order valence-corrected chi connectivity index (χ3v) is 5.85. The van der Waals surface area contributed by atoms with E-state index in [0.29, 0.717) is 23.7 Å². The summed E-state index contributed by atoms with van der Waals surface area (Å²) in [6.07, 6.45) is 2.20. The SMILES string of the molecule is [CH2-]C(=CC(C)Nc1c(C(C)C)cccc1C(C)C)Nc1c(C(C)C)cccc1C(C)C.[Li+]. The molecular formula is C29H43LiN2. The fourth-order valence-corrected chi connectivity index (χ4v) is 4.19. The molecule has 170 valence electrons. The summed E-state index contributed by atoms with van der Waals surface area (Å²) < 4.78 is 0. The van der Waals surface area contributed by atoms with Gasteiger partial charge in [-0.15, -0.1) is 5.70 Å². The first-order valence-electron chi connectivity index (χ1n) is 11.9. The summed E-state index contributed by atoms with van der Waals surface area (Å²) in [6.45, 7) is 24.6. The first-order valence-corrected chi connectivity index (χ1v) is 11.9. The molecule has 0 aromatic heterocycles. The quantitative estimate of drug-likeness (QED) is 0.390. The van der Waals surface area contributed by atoms with Gasteiger partial charge < -0.3 is 10.6 Å². The average Bonchev–Trinajstić information content (AvgIpc) is 2.67. The third-order valence-electron chi connectivity index (χ3n) is 5.85. The summed E-state index contributed by atoms with van der Waals surface area (Å²) in [5.74, 6) is 1.86. The molecule has 0 saturated carbocycles. The molecule has 0 aliphatic carbocycles. The second kappa shape index (κ2) is 12.5. The minimum atomic E-state index is 0. The van der Waals surface area contributed by atoms with E-state index in [4.69, 9.17) is 0 Å². The first-order chi connectivity index (χ1) is 14.5. The Balaban J connectivity index is 0.00000512. The summed E-state index contributed by atoms with van der Waals surface area (Å²) in [5, 5.41) is 7.42. The summed E-state index contributed by atoms with van der Waals surface area (Å²) >= 11 is 0. The smallest absolute Gasteiger partial charge is 0.395 e. The molecule has 2 rings (SSSR count). The van der Waals surface area contributed by atoms with Crippen molar-refractivity contribution in [3.8, 4) is 0 Å². The topological polar surface area (TPSA) is 24.1 Å². The fraction of sp³-hybridized carbons (Fsp3) is 0.483. The minimum Gasteiger partial charge on any atom is -0.395 e. The van der Waals surface area contributed by atoms with Crippen LogP contribution in [0.15, 0.2) is 48.2 Å². The van der Waals surface area contributed by atoms with E-state index in [0.717, 1.165) is 5.70 Å². The van der Waals surface area contributed by atoms with Gasteiger partial charge in [0.1, 0.15) is 0 Å². The van der Waals surface area contributed by atoms with Crippen molar-refractivity contribution in [2.75, 3.05) is 10.6 Å². The molecule has 0 aliphatic heterocycles. The number of rotatable bonds is 9. The zero-order valence-electron chi connectivity index (χ0n) is 22.1. The zero-order chi connectivity index (χ0) is 23.3. The Morgan fingerprint density at radius 3 is 1.34 bits per heavy atom. The molecule has 32 heavy (non-hydrogen) atoms. The van der Waals surface area contributed by atoms with Crippen molar-refractivity contribution in [2.24, 2.45) is 0 Å². The maximum atomic E-state index is 4.34. The van der Waals surface area contributed by atoms with Gasteiger partial charge in [-0.25, -0.2) is 6.92 Å². The molecule has 3 heteroatoms. The van der Waals surface area contributed by atoms with Crippen LogP contribution in [0.3, 0.4) is 0 Å². The standard InChI is InChI=1S/C29H43N2.Li/c1-18(2)24-13-11-14-25(19(3)4)28(24)30-22(9)17-23(10)31-29-26(20(5)6)15-12-16-27(29)21(7)8;/h11-21,23,30-31H,9H2,1-8,10H3;/q-1;+1. The predicted octanol–water partition coefficient (Wildman–Crippen LogP) is 5.81. The predicted molar refractivity (Wildman–Crippen MR) is 139 cm³/mol. The van der Waals surface area contributed by atoms with E-state index in [1.807, 2.05) is 0 Å². The molecule has 0 aliphatic rings. The van der Waals surface area contributed by atoms with Crippen molar-refractivity contribution in [3.63, 3.8) is 0 Å². The van der Waals surface area contributed by atoms with Gasteiger partial charge in [0.05, 0.1) is 0 Å². The van der Waals surface area contributed by atoms with Crippen LogP contribution in [0.5, 0.6) is 0 Å². The summed E-state index contributed by atoms with van der Waals surface area (Å²) in [4.78, 5) is 0. The largest absolute Gasteiger partial charge is 1.00 e. The molecule has 1 atom stereocenters. The van der Waals surface area contributed by atoms with E-state index in [1.165, 1.54) is 33.6 Å². The van der Waals surface area contributed by atoms with Crippen molar-refractivity contribution >= 4 is 11.4 Å². The monoisotopic (exact) mass is 426 g/mol. The molecule has 0 amide bonds. The minimum absolute atomic E-state index is 0. The Labute approximate surface area is 209 Å². The number of anilines is 2. The van der Waals surface area contributed by atoms with Gasteiger partial charge in [-0.05, 0) is 52.0 Å². The van der Waals surface area contributed by atoms with Gasteiger partial charge in [0.15, 0.2) is 0 Å². The van der Waals surface area contributed by atoms with Crippen LogP contribution in [0.4, 0.5) is 11.4 Å². The van der Waals surface area contributed by atoms with Crippen LogP contribution in [0.1, 0.15) is 108 Å². The van der Waals surface area contributed by atoms with E-state index in [1.54, 1.807) is 0 Å². The Morgan fingerprint density at radius 1 is 0.656 bits per heavy atom. The second-order valence-corrected chi connectivity index (χ2v) is 9.99. The molecule has 0 spiro atoms. The second-order valence-electron chi connectivity index (χ2n) is 9.99. The average molecular weight is 427 g/mol. The van der Waals surface area contributed by atoms with E-state index < -0.39 is 0 Å². The molecule has 0 heterocycles. The van der Waals surface area contributed by atoms with Gasteiger partial charge in [-0.2, -0.15) is 6.08 Å². The molecule has 1 unspecified atom stereocenters. The van der Waals surface area contributed by atoms with Crippen molar-refractivity contribution < 1.29 is 18.9 Å². The van der Waals surface area contributed by atoms with E-state index in [2.05, 4.69) is 122 Å². The van der Waals surface area contributed by atoms with E-state index >= 15 is 0 Å². The molecule has 2 N–H and O–H groups in total. The Morgan fingerprint density at radius 2 is 1.00 bits per heavy atom. The van der Waals surface area contributed by atoms with Gasteiger partial charge in [0.2, 0.25) is 0 Å². The molecule has 2 nitrogen and oxygen atoms in total. The number of hydrogen-bond donors (Lipinski definition) is 2. The van der Waals surface area contributed by atoms with Crippen LogP contribution in [0.2, 0.25) is 0 Å². The van der Waals surface area contributed by atoms with Gasteiger partial charge in [-0.1, -0.05) is 98.7 Å². The van der Waals surface area contributed by atoms with Crippen molar-refractivity contribution in [1.29, 1.82) is 0 Å². The Hall–Kier alpha value is -1.75. The molecule has 0 saturated heterocycles. The number of para-hydroxylation sites is 2.